The number of carbonyl (C=O) groups is 2. The number of ether oxygens (including phenoxy) is 4. The first-order chi connectivity index (χ1) is 39.4. The molecule has 0 aromatic heterocycles. The minimum absolute atomic E-state index is 0.0370. The Morgan fingerprint density at radius 1 is 0.793 bits per heavy atom. The van der Waals surface area contributed by atoms with Gasteiger partial charge in [0.25, 0.3) is 8.53 Å². The molecule has 1 saturated heterocycles. The van der Waals surface area contributed by atoms with E-state index in [1.807, 2.05) is 71.6 Å². The summed E-state index contributed by atoms with van der Waals surface area (Å²) in [6.07, 6.45) is 18.8. The first kappa shape index (κ1) is 63.5. The number of methoxy groups -OCH3 is 2. The van der Waals surface area contributed by atoms with Crippen LogP contribution in [0.2, 0.25) is 0 Å². The summed E-state index contributed by atoms with van der Waals surface area (Å²) in [7, 11) is 1.77. The molecular formula is C69H101N4O8P. The number of fused-ring (bicyclic) bond motifs is 5. The summed E-state index contributed by atoms with van der Waals surface area (Å²) in [4.78, 5) is 30.0. The van der Waals surface area contributed by atoms with Crippen molar-refractivity contribution in [1.29, 1.82) is 5.26 Å². The molecule has 12 nitrogen and oxygen atoms in total. The number of amides is 2. The van der Waals surface area contributed by atoms with E-state index >= 15 is 0 Å². The minimum Gasteiger partial charge on any atom is -0.497 e. The lowest BCUT2D eigenvalue weighted by Gasteiger charge is -2.58. The smallest absolute Gasteiger partial charge is 0.407 e. The van der Waals surface area contributed by atoms with Gasteiger partial charge in [0.05, 0.1) is 52.1 Å². The molecule has 4 fully saturated rings. The molecule has 2 amide bonds. The van der Waals surface area contributed by atoms with Gasteiger partial charge in [-0.3, -0.25) is 4.79 Å². The normalized spacial score (nSPS) is 26.9. The van der Waals surface area contributed by atoms with E-state index in [-0.39, 0.29) is 67.4 Å². The van der Waals surface area contributed by atoms with E-state index in [0.29, 0.717) is 37.8 Å². The van der Waals surface area contributed by atoms with E-state index < -0.39 is 14.1 Å². The molecule has 3 aromatic carbocycles. The molecule has 3 saturated carbocycles. The highest BCUT2D eigenvalue weighted by Gasteiger charge is 2.59. The van der Waals surface area contributed by atoms with E-state index in [4.69, 9.17) is 28.0 Å². The maximum absolute atomic E-state index is 14.7. The largest absolute Gasteiger partial charge is 0.497 e. The van der Waals surface area contributed by atoms with Crippen LogP contribution in [0.15, 0.2) is 90.5 Å². The number of rotatable bonds is 28. The van der Waals surface area contributed by atoms with Crippen LogP contribution in [0.25, 0.3) is 0 Å². The van der Waals surface area contributed by atoms with Gasteiger partial charge in [-0.1, -0.05) is 127 Å². The maximum atomic E-state index is 14.7. The number of allylic oxidation sites excluding steroid dienone is 1. The number of likely N-dealkylation sites (tertiary alicyclic amines) is 1. The van der Waals surface area contributed by atoms with Crippen LogP contribution in [0.5, 0.6) is 11.5 Å². The first-order valence-corrected chi connectivity index (χ1v) is 32.8. The third-order valence-corrected chi connectivity index (χ3v) is 22.3. The lowest BCUT2D eigenvalue weighted by atomic mass is 9.47. The zero-order valence-electron chi connectivity index (χ0n) is 51.8. The second-order valence-corrected chi connectivity index (χ2v) is 27.7. The lowest BCUT2D eigenvalue weighted by Crippen LogP contribution is -2.51. The fraction of sp³-hybridized carbons (Fsp3) is 0.667. The Morgan fingerprint density at radius 3 is 2.10 bits per heavy atom. The van der Waals surface area contributed by atoms with Crippen LogP contribution in [-0.2, 0) is 28.9 Å². The van der Waals surface area contributed by atoms with Crippen molar-refractivity contribution in [2.75, 3.05) is 40.5 Å². The standard InChI is InChI=1S/C69H101N4O8P/c1-48(2)20-18-21-51(7)62-35-36-63-61-34-29-55-44-59(37-39-67(55,8)64(61)38-40-68(62,63)9)80-66(75)71-42-17-13-16-24-65(74)72-46-60(81-82(79-43-19-41-70)73(49(3)4)50(5)6)45-56(72)47-78-69(52-22-14-12-15-23-52,53-25-30-57(76-10)31-26-53)54-27-32-58(77-11)33-28-54/h12,14-15,22-23,25-33,48-51,56,59-64H,13,16-21,24,34-40,42-47H2,1-11H3,(H,71,75)/t51-,56+,59+,60-,61?,62-,63?,64?,67+,68-,82?/m1/s1. The van der Waals surface area contributed by atoms with Crippen molar-refractivity contribution in [2.45, 2.75) is 207 Å². The number of hydrogen-bond donors (Lipinski definition) is 1. The van der Waals surface area contributed by atoms with E-state index in [1.54, 1.807) is 14.2 Å². The molecule has 1 N–H and O–H groups in total. The zero-order valence-corrected chi connectivity index (χ0v) is 52.7. The third kappa shape index (κ3) is 14.6. The number of benzene rings is 3. The maximum Gasteiger partial charge on any atom is 0.407 e. The molecule has 8 rings (SSSR count). The van der Waals surface area contributed by atoms with Crippen molar-refractivity contribution < 1.29 is 37.6 Å². The molecule has 4 aliphatic carbocycles. The fourth-order valence-electron chi connectivity index (χ4n) is 16.0. The van der Waals surface area contributed by atoms with Crippen LogP contribution < -0.4 is 14.8 Å². The van der Waals surface area contributed by atoms with Gasteiger partial charge in [0.2, 0.25) is 5.91 Å². The molecule has 5 aliphatic rings. The molecule has 1 heterocycles. The molecule has 0 radical (unpaired) electrons. The van der Waals surface area contributed by atoms with Crippen molar-refractivity contribution in [1.82, 2.24) is 14.9 Å². The molecule has 0 spiro atoms. The van der Waals surface area contributed by atoms with Gasteiger partial charge in [-0.15, -0.1) is 0 Å². The van der Waals surface area contributed by atoms with Crippen molar-refractivity contribution in [3.8, 4) is 17.6 Å². The number of carbonyl (C=O) groups excluding carboxylic acids is 2. The molecule has 82 heavy (non-hydrogen) atoms. The first-order valence-electron chi connectivity index (χ1n) is 31.6. The van der Waals surface area contributed by atoms with Gasteiger partial charge in [0.15, 0.2) is 0 Å². The second kappa shape index (κ2) is 29.1. The summed E-state index contributed by atoms with van der Waals surface area (Å²) in [5, 5.41) is 12.5. The highest BCUT2D eigenvalue weighted by molar-refractivity contribution is 7.44. The highest BCUT2D eigenvalue weighted by atomic mass is 31.2. The summed E-state index contributed by atoms with van der Waals surface area (Å²) in [6, 6.07) is 28.3. The van der Waals surface area contributed by atoms with Crippen LogP contribution in [0, 0.1) is 57.7 Å². The van der Waals surface area contributed by atoms with Crippen LogP contribution in [-0.4, -0.2) is 92.4 Å². The van der Waals surface area contributed by atoms with E-state index in [0.717, 1.165) is 95.8 Å². The van der Waals surface area contributed by atoms with Gasteiger partial charge < -0.3 is 38.2 Å². The average molecular weight is 1150 g/mol. The van der Waals surface area contributed by atoms with E-state index in [9.17, 15) is 14.9 Å². The number of nitrogens with zero attached hydrogens (tertiary/aromatic N) is 3. The van der Waals surface area contributed by atoms with Crippen molar-refractivity contribution in [3.05, 3.63) is 107 Å². The van der Waals surface area contributed by atoms with Gasteiger partial charge in [-0.25, -0.2) is 9.46 Å². The minimum atomic E-state index is -1.55. The highest BCUT2D eigenvalue weighted by Crippen LogP contribution is 2.67. The Hall–Kier alpha value is -4.50. The number of alkyl carbamates (subject to hydrolysis) is 1. The molecule has 4 unspecified atom stereocenters. The lowest BCUT2D eigenvalue weighted by molar-refractivity contribution is -0.134. The number of unbranched alkanes of at least 4 members (excludes halogenated alkanes) is 2. The molecule has 11 atom stereocenters. The molecule has 1 aliphatic heterocycles. The molecule has 0 bridgehead atoms. The Labute approximate surface area is 495 Å². The summed E-state index contributed by atoms with van der Waals surface area (Å²) in [6.45, 7) is 22.4. The topological polar surface area (TPSA) is 132 Å². The van der Waals surface area contributed by atoms with Gasteiger partial charge in [0.1, 0.15) is 23.2 Å². The summed E-state index contributed by atoms with van der Waals surface area (Å²) >= 11 is 0. The Bertz CT molecular complexity index is 2520. The van der Waals surface area contributed by atoms with E-state index in [2.05, 4.69) is 96.6 Å². The van der Waals surface area contributed by atoms with Crippen LogP contribution in [0.4, 0.5) is 4.79 Å². The van der Waals surface area contributed by atoms with Gasteiger partial charge >= 0.3 is 6.09 Å². The van der Waals surface area contributed by atoms with Crippen molar-refractivity contribution in [2.24, 2.45) is 46.3 Å². The van der Waals surface area contributed by atoms with Crippen LogP contribution in [0.3, 0.4) is 0 Å². The van der Waals surface area contributed by atoms with Crippen LogP contribution >= 0.6 is 8.53 Å². The van der Waals surface area contributed by atoms with Gasteiger partial charge in [-0.2, -0.15) is 5.26 Å². The SMILES string of the molecule is COc1ccc(C(OC[C@@H]2C[C@@H](OP(OCCC#N)N(C(C)C)C(C)C)CN2C(=O)CCCCCNC(=O)O[C@H]2CC[C@@]3(C)C(=CCC4C3CC[C@@]3(C)C4CC[C@@H]3[C@H](C)CCCC(C)C)C2)(c2ccccc2)c2ccc(OC)cc2)cc1. The Kier molecular flexibility index (Phi) is 22.5. The predicted molar refractivity (Wildman–Crippen MR) is 328 cm³/mol. The third-order valence-electron chi connectivity index (χ3n) is 20.1. The van der Waals surface area contributed by atoms with Crippen molar-refractivity contribution >= 4 is 20.5 Å². The number of hydrogen-bond acceptors (Lipinski definition) is 10. The molecular weight excluding hydrogens is 1040 g/mol. The van der Waals surface area contributed by atoms with Gasteiger partial charge in [-0.05, 0) is 179 Å². The Balaban J connectivity index is 0.887. The summed E-state index contributed by atoms with van der Waals surface area (Å²) in [5.74, 6) is 6.31. The molecule has 3 aromatic rings. The number of nitriles is 1. The molecule has 450 valence electrons. The Morgan fingerprint density at radius 2 is 1.46 bits per heavy atom. The van der Waals surface area contributed by atoms with Gasteiger partial charge in [0, 0.05) is 38.0 Å². The second-order valence-electron chi connectivity index (χ2n) is 26.3. The average Bonchev–Trinajstić information content (AvgIpc) is 1.91. The monoisotopic (exact) mass is 1140 g/mol. The van der Waals surface area contributed by atoms with Crippen molar-refractivity contribution in [3.63, 3.8) is 0 Å². The number of nitrogens with one attached hydrogen (secondary N) is 1. The quantitative estimate of drug-likeness (QED) is 0.0324. The summed E-state index contributed by atoms with van der Waals surface area (Å²) < 4.78 is 40.3. The molecule has 13 heteroatoms. The summed E-state index contributed by atoms with van der Waals surface area (Å²) in [5.41, 5.74) is 3.90. The zero-order chi connectivity index (χ0) is 58.6. The fourth-order valence-corrected chi connectivity index (χ4v) is 17.7. The van der Waals surface area contributed by atoms with Crippen LogP contribution in [0.1, 0.15) is 188 Å². The predicted octanol–water partition coefficient (Wildman–Crippen LogP) is 16.0. The van der Waals surface area contributed by atoms with E-state index in [1.165, 1.54) is 56.9 Å².